The molecule has 0 radical (unpaired) electrons. The molecule has 7 nitrogen and oxygen atoms in total. The number of nitrogens with zero attached hydrogens (tertiary/aromatic N) is 2. The molecule has 220 valence electrons. The molecule has 0 aliphatic heterocycles. The smallest absolute Gasteiger partial charge is 0.264 e. The number of para-hydroxylation sites is 1. The molecular formula is C31H37Cl2N3O4S. The van der Waals surface area contributed by atoms with Crippen LogP contribution in [0.1, 0.15) is 51.3 Å². The van der Waals surface area contributed by atoms with Gasteiger partial charge in [0.15, 0.2) is 0 Å². The summed E-state index contributed by atoms with van der Waals surface area (Å²) < 4.78 is 29.2. The first-order valence-electron chi connectivity index (χ1n) is 13.4. The molecule has 2 amide bonds. The molecule has 10 heteroatoms. The molecule has 1 N–H and O–H groups in total. The molecule has 3 aromatic rings. The quantitative estimate of drug-likeness (QED) is 0.285. The lowest BCUT2D eigenvalue weighted by molar-refractivity contribution is -0.140. The lowest BCUT2D eigenvalue weighted by Gasteiger charge is -2.34. The van der Waals surface area contributed by atoms with Crippen LogP contribution >= 0.6 is 23.2 Å². The van der Waals surface area contributed by atoms with E-state index in [4.69, 9.17) is 23.2 Å². The number of benzene rings is 3. The second-order valence-electron chi connectivity index (χ2n) is 11.0. The minimum atomic E-state index is -4.15. The van der Waals surface area contributed by atoms with Gasteiger partial charge >= 0.3 is 0 Å². The fourth-order valence-electron chi connectivity index (χ4n) is 4.29. The average molecular weight is 619 g/mol. The zero-order valence-electron chi connectivity index (χ0n) is 24.2. The molecule has 0 saturated heterocycles. The van der Waals surface area contributed by atoms with Crippen molar-refractivity contribution in [1.29, 1.82) is 0 Å². The molecule has 3 aromatic carbocycles. The van der Waals surface area contributed by atoms with Gasteiger partial charge in [0.05, 0.1) is 10.6 Å². The standard InChI is InChI=1S/C31H37Cl2N3O4S/c1-7-23-10-8-9-11-28(23)36(41(39,40)26-16-12-21(2)13-17-26)20-29(37)35(22(3)30(38)34-31(4,5)6)19-24-14-15-25(32)18-27(24)33/h8-18,22H,7,19-20H2,1-6H3,(H,34,38)/t22-/m1/s1. The molecular weight excluding hydrogens is 581 g/mol. The molecule has 41 heavy (non-hydrogen) atoms. The van der Waals surface area contributed by atoms with Gasteiger partial charge in [0, 0.05) is 22.1 Å². The number of amides is 2. The second-order valence-corrected chi connectivity index (χ2v) is 13.7. The summed E-state index contributed by atoms with van der Waals surface area (Å²) in [6.45, 7) is 10.4. The van der Waals surface area contributed by atoms with Gasteiger partial charge in [-0.1, -0.05) is 72.1 Å². The first kappa shape index (κ1) is 32.4. The molecule has 1 atom stereocenters. The minimum Gasteiger partial charge on any atom is -0.350 e. The summed E-state index contributed by atoms with van der Waals surface area (Å²) in [6.07, 6.45) is 0.554. The van der Waals surface area contributed by atoms with Crippen molar-refractivity contribution in [3.05, 3.63) is 93.5 Å². The van der Waals surface area contributed by atoms with E-state index >= 15 is 0 Å². The van der Waals surface area contributed by atoms with Crippen LogP contribution in [0.25, 0.3) is 0 Å². The van der Waals surface area contributed by atoms with Gasteiger partial charge in [0.2, 0.25) is 11.8 Å². The normalized spacial score (nSPS) is 12.5. The molecule has 3 rings (SSSR count). The largest absolute Gasteiger partial charge is 0.350 e. The Bertz CT molecular complexity index is 1500. The van der Waals surface area contributed by atoms with Crippen molar-refractivity contribution in [3.63, 3.8) is 0 Å². The van der Waals surface area contributed by atoms with Crippen LogP contribution in [-0.2, 0) is 32.6 Å². The van der Waals surface area contributed by atoms with E-state index < -0.39 is 34.1 Å². The van der Waals surface area contributed by atoms with Gasteiger partial charge < -0.3 is 10.2 Å². The summed E-state index contributed by atoms with van der Waals surface area (Å²) in [7, 11) is -4.15. The molecule has 0 spiro atoms. The van der Waals surface area contributed by atoms with Crippen LogP contribution in [0.5, 0.6) is 0 Å². The molecule has 0 unspecified atom stereocenters. The maximum atomic E-state index is 14.1. The summed E-state index contributed by atoms with van der Waals surface area (Å²) in [4.78, 5) is 28.8. The van der Waals surface area contributed by atoms with Crippen LogP contribution in [0.4, 0.5) is 5.69 Å². The summed E-state index contributed by atoms with van der Waals surface area (Å²) in [5.41, 5.74) is 2.10. The lowest BCUT2D eigenvalue weighted by atomic mass is 10.1. The van der Waals surface area contributed by atoms with Gasteiger partial charge in [0.25, 0.3) is 10.0 Å². The second kappa shape index (κ2) is 13.3. The van der Waals surface area contributed by atoms with Crippen LogP contribution in [-0.4, -0.2) is 43.3 Å². The Morgan fingerprint density at radius 2 is 1.59 bits per heavy atom. The van der Waals surface area contributed by atoms with Crippen molar-refractivity contribution in [2.45, 2.75) is 71.0 Å². The van der Waals surface area contributed by atoms with E-state index in [1.165, 1.54) is 17.0 Å². The Morgan fingerprint density at radius 3 is 2.17 bits per heavy atom. The number of anilines is 1. The molecule has 0 bridgehead atoms. The maximum absolute atomic E-state index is 14.1. The highest BCUT2D eigenvalue weighted by molar-refractivity contribution is 7.92. The number of hydrogen-bond donors (Lipinski definition) is 1. The highest BCUT2D eigenvalue weighted by Crippen LogP contribution is 2.29. The third kappa shape index (κ3) is 8.24. The van der Waals surface area contributed by atoms with E-state index in [1.807, 2.05) is 46.8 Å². The van der Waals surface area contributed by atoms with Crippen molar-refractivity contribution < 1.29 is 18.0 Å². The first-order chi connectivity index (χ1) is 19.1. The predicted molar refractivity (Wildman–Crippen MR) is 166 cm³/mol. The van der Waals surface area contributed by atoms with Crippen molar-refractivity contribution in [1.82, 2.24) is 10.2 Å². The van der Waals surface area contributed by atoms with Gasteiger partial charge in [-0.05, 0) is 82.5 Å². The highest BCUT2D eigenvalue weighted by atomic mass is 35.5. The zero-order valence-corrected chi connectivity index (χ0v) is 26.6. The SMILES string of the molecule is CCc1ccccc1N(CC(=O)N(Cc1ccc(Cl)cc1Cl)[C@H](C)C(=O)NC(C)(C)C)S(=O)(=O)c1ccc(C)cc1. The monoisotopic (exact) mass is 617 g/mol. The first-order valence-corrected chi connectivity index (χ1v) is 15.6. The molecule has 0 fully saturated rings. The number of halogens is 2. The van der Waals surface area contributed by atoms with Crippen molar-refractivity contribution in [3.8, 4) is 0 Å². The van der Waals surface area contributed by atoms with Crippen LogP contribution in [0.15, 0.2) is 71.6 Å². The highest BCUT2D eigenvalue weighted by Gasteiger charge is 2.34. The van der Waals surface area contributed by atoms with Crippen molar-refractivity contribution in [2.24, 2.45) is 0 Å². The fraction of sp³-hybridized carbons (Fsp3) is 0.355. The number of carbonyl (C=O) groups excluding carboxylic acids is 2. The molecule has 0 saturated carbocycles. The molecule has 0 aromatic heterocycles. The van der Waals surface area contributed by atoms with Crippen LogP contribution < -0.4 is 9.62 Å². The lowest BCUT2D eigenvalue weighted by Crippen LogP contribution is -2.54. The summed E-state index contributed by atoms with van der Waals surface area (Å²) >= 11 is 12.5. The van der Waals surface area contributed by atoms with Gasteiger partial charge in [-0.3, -0.25) is 13.9 Å². The summed E-state index contributed by atoms with van der Waals surface area (Å²) in [5, 5.41) is 3.67. The molecule has 0 heterocycles. The number of sulfonamides is 1. The zero-order chi connectivity index (χ0) is 30.5. The Labute approximate surface area is 253 Å². The number of aryl methyl sites for hydroxylation is 2. The van der Waals surface area contributed by atoms with Crippen LogP contribution in [0, 0.1) is 6.92 Å². The third-order valence-electron chi connectivity index (χ3n) is 6.55. The third-order valence-corrected chi connectivity index (χ3v) is 8.91. The summed E-state index contributed by atoms with van der Waals surface area (Å²) in [6, 6.07) is 17.5. The van der Waals surface area contributed by atoms with Gasteiger partial charge in [0.1, 0.15) is 12.6 Å². The fourth-order valence-corrected chi connectivity index (χ4v) is 6.21. The maximum Gasteiger partial charge on any atom is 0.264 e. The van der Waals surface area contributed by atoms with E-state index in [1.54, 1.807) is 49.4 Å². The van der Waals surface area contributed by atoms with Crippen LogP contribution in [0.3, 0.4) is 0 Å². The van der Waals surface area contributed by atoms with Gasteiger partial charge in [-0.2, -0.15) is 0 Å². The van der Waals surface area contributed by atoms with Gasteiger partial charge in [-0.25, -0.2) is 8.42 Å². The molecule has 0 aliphatic rings. The Kier molecular flexibility index (Phi) is 10.5. The summed E-state index contributed by atoms with van der Waals surface area (Å²) in [5.74, 6) is -0.938. The minimum absolute atomic E-state index is 0.0264. The van der Waals surface area contributed by atoms with E-state index in [9.17, 15) is 18.0 Å². The van der Waals surface area contributed by atoms with E-state index in [2.05, 4.69) is 5.32 Å². The number of nitrogens with one attached hydrogen (secondary N) is 1. The van der Waals surface area contributed by atoms with E-state index in [-0.39, 0.29) is 17.3 Å². The van der Waals surface area contributed by atoms with E-state index in [0.29, 0.717) is 27.7 Å². The number of hydrogen-bond acceptors (Lipinski definition) is 4. The van der Waals surface area contributed by atoms with Crippen LogP contribution in [0.2, 0.25) is 10.0 Å². The number of rotatable bonds is 10. The topological polar surface area (TPSA) is 86.8 Å². The van der Waals surface area contributed by atoms with E-state index in [0.717, 1.165) is 15.4 Å². The predicted octanol–water partition coefficient (Wildman–Crippen LogP) is 6.39. The Hall–Kier alpha value is -3.07. The number of carbonyl (C=O) groups is 2. The average Bonchev–Trinajstić information content (AvgIpc) is 2.90. The van der Waals surface area contributed by atoms with Crippen molar-refractivity contribution in [2.75, 3.05) is 10.8 Å². The van der Waals surface area contributed by atoms with Gasteiger partial charge in [-0.15, -0.1) is 0 Å². The molecule has 0 aliphatic carbocycles. The Morgan fingerprint density at radius 1 is 0.951 bits per heavy atom. The Balaban J connectivity index is 2.10. The van der Waals surface area contributed by atoms with Crippen molar-refractivity contribution >= 4 is 50.7 Å².